The predicted molar refractivity (Wildman–Crippen MR) is 526 cm³/mol. The van der Waals surface area contributed by atoms with Crippen molar-refractivity contribution in [3.05, 3.63) is 451 Å². The van der Waals surface area contributed by atoms with Crippen LogP contribution in [-0.4, -0.2) is 27.5 Å². The summed E-state index contributed by atoms with van der Waals surface area (Å²) in [6, 6.07) is 145. The number of para-hydroxylation sites is 2. The SMILES string of the molecule is C.C1CCOC1.C=Cc1ccc(COCc2ccc(-n3c4ccccc4c4cc(-c5ccc(N(c6ccc(-c7ccccc7)cc6)c6ccc7c(c6)C(C)(C)c6ccccc6-7)cc5)ccc43)cc2)cc1.CC1(C)c2ccccc2-c2ccc(N(c3ccc(-c4ccccc4)cc3)c3ccc(-c4ccc5c(c4)c4ccccc4n5-c4ccc(CO)cc4)cc3)cc21. The molecule has 3 heterocycles. The van der Waals surface area contributed by atoms with E-state index in [4.69, 9.17) is 9.47 Å². The molecule has 0 unspecified atom stereocenters. The summed E-state index contributed by atoms with van der Waals surface area (Å²) in [6.45, 7) is 16.4. The number of ether oxygens (including phenoxy) is 2. The highest BCUT2D eigenvalue weighted by Gasteiger charge is 2.38. The van der Waals surface area contributed by atoms with Crippen molar-refractivity contribution in [1.29, 1.82) is 0 Å². The first-order chi connectivity index (χ1) is 60.9. The van der Waals surface area contributed by atoms with Crippen LogP contribution in [-0.2, 0) is 40.1 Å². The zero-order valence-electron chi connectivity index (χ0n) is 70.4. The highest BCUT2D eigenvalue weighted by atomic mass is 16.5. The maximum Gasteiger partial charge on any atom is 0.0721 e. The molecule has 7 heteroatoms. The van der Waals surface area contributed by atoms with Gasteiger partial charge in [-0.2, -0.15) is 0 Å². The summed E-state index contributed by atoms with van der Waals surface area (Å²) < 4.78 is 15.7. The minimum absolute atomic E-state index is 0. The van der Waals surface area contributed by atoms with Gasteiger partial charge in [0.15, 0.2) is 0 Å². The van der Waals surface area contributed by atoms with E-state index >= 15 is 0 Å². The maximum absolute atomic E-state index is 9.63. The summed E-state index contributed by atoms with van der Waals surface area (Å²) in [4.78, 5) is 4.78. The Hall–Kier alpha value is -14.4. The van der Waals surface area contributed by atoms with Gasteiger partial charge in [0.05, 0.1) is 41.9 Å². The Morgan fingerprint density at radius 2 is 0.632 bits per heavy atom. The minimum atomic E-state index is -0.103. The Morgan fingerprint density at radius 3 is 1.02 bits per heavy atom. The molecule has 0 radical (unpaired) electrons. The van der Waals surface area contributed by atoms with Crippen LogP contribution >= 0.6 is 0 Å². The number of benzene rings is 17. The predicted octanol–water partition coefficient (Wildman–Crippen LogP) is 31.1. The molecular formula is C118H100N4O3. The van der Waals surface area contributed by atoms with Crippen LogP contribution in [0.1, 0.15) is 92.5 Å². The molecule has 0 bridgehead atoms. The van der Waals surface area contributed by atoms with E-state index in [1.54, 1.807) is 0 Å². The summed E-state index contributed by atoms with van der Waals surface area (Å²) >= 11 is 0. The van der Waals surface area contributed by atoms with Gasteiger partial charge < -0.3 is 33.5 Å². The van der Waals surface area contributed by atoms with Crippen LogP contribution in [0.25, 0.3) is 128 Å². The topological polar surface area (TPSA) is 55.0 Å². The third kappa shape index (κ3) is 15.4. The van der Waals surface area contributed by atoms with Crippen molar-refractivity contribution in [2.24, 2.45) is 0 Å². The van der Waals surface area contributed by atoms with Gasteiger partial charge in [-0.1, -0.05) is 315 Å². The van der Waals surface area contributed by atoms with Gasteiger partial charge >= 0.3 is 0 Å². The highest BCUT2D eigenvalue weighted by Crippen LogP contribution is 2.53. The van der Waals surface area contributed by atoms with Crippen molar-refractivity contribution in [2.75, 3.05) is 23.0 Å². The molecule has 1 fully saturated rings. The molecule has 610 valence electrons. The summed E-state index contributed by atoms with van der Waals surface area (Å²) in [5.41, 5.74) is 38.0. The second kappa shape index (κ2) is 34.5. The molecule has 0 amide bonds. The smallest absolute Gasteiger partial charge is 0.0721 e. The number of hydrogen-bond donors (Lipinski definition) is 1. The van der Waals surface area contributed by atoms with E-state index in [1.807, 2.05) is 18.2 Å². The largest absolute Gasteiger partial charge is 0.392 e. The van der Waals surface area contributed by atoms with Gasteiger partial charge in [-0.15, -0.1) is 0 Å². The summed E-state index contributed by atoms with van der Waals surface area (Å²) in [5.74, 6) is 0. The zero-order valence-corrected chi connectivity index (χ0v) is 70.4. The summed E-state index contributed by atoms with van der Waals surface area (Å²) in [6.07, 6.45) is 4.41. The van der Waals surface area contributed by atoms with Crippen LogP contribution in [0.5, 0.6) is 0 Å². The highest BCUT2D eigenvalue weighted by molar-refractivity contribution is 6.12. The lowest BCUT2D eigenvalue weighted by atomic mass is 9.82. The molecule has 3 aliphatic rings. The quantitative estimate of drug-likeness (QED) is 0.0928. The van der Waals surface area contributed by atoms with Crippen LogP contribution in [0.4, 0.5) is 34.1 Å². The third-order valence-corrected chi connectivity index (χ3v) is 25.5. The first kappa shape index (κ1) is 80.3. The fraction of sp³-hybridized carbons (Fsp3) is 0.119. The van der Waals surface area contributed by atoms with E-state index in [1.165, 1.54) is 134 Å². The van der Waals surface area contributed by atoms with Crippen molar-refractivity contribution in [3.8, 4) is 78.1 Å². The minimum Gasteiger partial charge on any atom is -0.392 e. The van der Waals surface area contributed by atoms with Crippen LogP contribution < -0.4 is 9.80 Å². The zero-order chi connectivity index (χ0) is 83.8. The molecule has 1 N–H and O–H groups in total. The summed E-state index contributed by atoms with van der Waals surface area (Å²) in [7, 11) is 0. The van der Waals surface area contributed by atoms with E-state index in [9.17, 15) is 5.11 Å². The molecule has 22 rings (SSSR count). The molecule has 1 saturated heterocycles. The average Bonchev–Trinajstić information content (AvgIpc) is 1.59. The number of aliphatic hydroxyl groups excluding tert-OH is 1. The van der Waals surface area contributed by atoms with E-state index in [0.29, 0.717) is 13.2 Å². The van der Waals surface area contributed by atoms with Crippen LogP contribution in [0.2, 0.25) is 0 Å². The van der Waals surface area contributed by atoms with Crippen LogP contribution in [0.3, 0.4) is 0 Å². The van der Waals surface area contributed by atoms with Crippen molar-refractivity contribution in [2.45, 2.75) is 78.6 Å². The fourth-order valence-electron chi connectivity index (χ4n) is 18.9. The Bertz CT molecular complexity index is 7100. The summed E-state index contributed by atoms with van der Waals surface area (Å²) in [5, 5.41) is 14.5. The van der Waals surface area contributed by atoms with Crippen molar-refractivity contribution in [1.82, 2.24) is 9.13 Å². The number of nitrogens with zero attached hydrogens (tertiary/aromatic N) is 4. The molecule has 0 saturated carbocycles. The second-order valence-corrected chi connectivity index (χ2v) is 33.8. The van der Waals surface area contributed by atoms with Crippen molar-refractivity contribution < 1.29 is 14.6 Å². The number of rotatable bonds is 18. The average molecular weight is 1620 g/mol. The lowest BCUT2D eigenvalue weighted by Crippen LogP contribution is -2.16. The van der Waals surface area contributed by atoms with Crippen molar-refractivity contribution >= 4 is 83.8 Å². The van der Waals surface area contributed by atoms with Gasteiger partial charge in [0.2, 0.25) is 0 Å². The third-order valence-electron chi connectivity index (χ3n) is 25.5. The van der Waals surface area contributed by atoms with Gasteiger partial charge in [-0.05, 0) is 258 Å². The molecule has 2 aliphatic carbocycles. The Kier molecular flexibility index (Phi) is 22.1. The van der Waals surface area contributed by atoms with E-state index in [-0.39, 0.29) is 24.9 Å². The van der Waals surface area contributed by atoms with E-state index in [0.717, 1.165) is 92.0 Å². The molecule has 7 nitrogen and oxygen atoms in total. The fourth-order valence-corrected chi connectivity index (χ4v) is 18.9. The maximum atomic E-state index is 9.63. The number of fused-ring (bicyclic) bond motifs is 12. The van der Waals surface area contributed by atoms with Gasteiger partial charge in [0.1, 0.15) is 0 Å². The molecule has 1 aliphatic heterocycles. The Labute approximate surface area is 733 Å². The molecular weight excluding hydrogens is 1520 g/mol. The Balaban J connectivity index is 0.000000155. The number of aliphatic hydroxyl groups is 1. The van der Waals surface area contributed by atoms with Gasteiger partial charge in [0.25, 0.3) is 0 Å². The normalized spacial score (nSPS) is 13.1. The van der Waals surface area contributed by atoms with Crippen LogP contribution in [0.15, 0.2) is 407 Å². The van der Waals surface area contributed by atoms with Gasteiger partial charge in [0, 0.05) is 91.1 Å². The first-order valence-corrected chi connectivity index (χ1v) is 43.2. The molecule has 19 aromatic rings. The molecule has 2 aromatic heterocycles. The lowest BCUT2D eigenvalue weighted by molar-refractivity contribution is 0.107. The number of anilines is 6. The van der Waals surface area contributed by atoms with Gasteiger partial charge in [-0.25, -0.2) is 0 Å². The van der Waals surface area contributed by atoms with Gasteiger partial charge in [-0.3, -0.25) is 0 Å². The molecule has 0 spiro atoms. The molecule has 0 atom stereocenters. The van der Waals surface area contributed by atoms with Crippen LogP contribution in [0, 0.1) is 0 Å². The Morgan fingerprint density at radius 1 is 0.312 bits per heavy atom. The second-order valence-electron chi connectivity index (χ2n) is 33.8. The molecule has 17 aromatic carbocycles. The van der Waals surface area contributed by atoms with E-state index in [2.05, 4.69) is 441 Å². The van der Waals surface area contributed by atoms with Crippen molar-refractivity contribution in [3.63, 3.8) is 0 Å². The molecule has 125 heavy (non-hydrogen) atoms. The van der Waals surface area contributed by atoms with E-state index < -0.39 is 0 Å². The number of aromatic nitrogens is 2. The lowest BCUT2D eigenvalue weighted by Gasteiger charge is -2.28. The monoisotopic (exact) mass is 1620 g/mol. The first-order valence-electron chi connectivity index (χ1n) is 43.2. The standard InChI is InChI=1S/C61H48N2O.C52H40N2O.C4H8O.CH4/c1-4-42-18-20-43(21-19-42)40-64-41-44-22-29-51(30-23-44)63-59-17-11-9-15-55(59)56-38-48(28-37-60(56)63)47-26-33-50(34-27-47)62(49-31-24-46(25-32-49)45-12-6-5-7-13-45)52-35-36-54-53-14-8-10-16-57(53)61(2,3)58(54)39-52;1-52(2)48-14-8-6-12-44(48)45-30-29-43(33-49(45)52)53(40-25-18-37(19-26-40)36-10-4-3-5-11-36)41-27-20-38(21-28-41)39-22-31-51-47(32-39)46-13-7-9-15-50(46)54(51)42-23-16-35(34-55)17-24-42;1-2-4-5-3-1;/h4-39H,1,40-41H2,2-3H3;3-33,55H,34H2,1-2H3;1-4H2;1H4. The number of hydrogen-bond acceptors (Lipinski definition) is 5.